The lowest BCUT2D eigenvalue weighted by Gasteiger charge is -2.33. The summed E-state index contributed by atoms with van der Waals surface area (Å²) in [4.78, 5) is 53.5. The van der Waals surface area contributed by atoms with E-state index < -0.39 is 23.9 Å². The Morgan fingerprint density at radius 1 is 0.844 bits per heavy atom. The van der Waals surface area contributed by atoms with Crippen LogP contribution in [0.5, 0.6) is 0 Å². The summed E-state index contributed by atoms with van der Waals surface area (Å²) in [5.41, 5.74) is 1.54. The van der Waals surface area contributed by atoms with Crippen LogP contribution in [0.15, 0.2) is 0 Å². The van der Waals surface area contributed by atoms with Gasteiger partial charge in [-0.2, -0.15) is 0 Å². The highest BCUT2D eigenvalue weighted by molar-refractivity contribution is 7.19. The Balaban J connectivity index is 0.000000253. The Labute approximate surface area is 186 Å². The maximum absolute atomic E-state index is 9.10. The minimum atomic E-state index is -1.82. The third-order valence-electron chi connectivity index (χ3n) is 4.83. The zero-order valence-electron chi connectivity index (χ0n) is 17.6. The van der Waals surface area contributed by atoms with Crippen LogP contribution in [0.3, 0.4) is 0 Å². The van der Waals surface area contributed by atoms with Gasteiger partial charge in [-0.3, -0.25) is 0 Å². The van der Waals surface area contributed by atoms with Gasteiger partial charge in [-0.05, 0) is 38.8 Å². The SMILES string of the molecule is Cc1nc(N2CCN(C)CC2)c2c3c(sc2n1)CCC3.O=C(O)C(=O)O.O=C(O)C(=O)O. The number of thiophene rings is 1. The highest BCUT2D eigenvalue weighted by atomic mass is 32.1. The van der Waals surface area contributed by atoms with Crippen LogP contribution in [0.25, 0.3) is 10.2 Å². The Bertz CT molecular complexity index is 982. The number of likely N-dealkylation sites (N-methyl/N-ethyl adjacent to an activating group) is 1. The molecule has 12 nitrogen and oxygen atoms in total. The first kappa shape index (κ1) is 24.9. The van der Waals surface area contributed by atoms with Gasteiger partial charge in [-0.15, -0.1) is 11.3 Å². The molecule has 0 spiro atoms. The summed E-state index contributed by atoms with van der Waals surface area (Å²) in [6, 6.07) is 0. The second-order valence-corrected chi connectivity index (χ2v) is 8.23. The zero-order chi connectivity index (χ0) is 24.0. The number of carboxylic acids is 4. The van der Waals surface area contributed by atoms with Crippen LogP contribution in [0.2, 0.25) is 0 Å². The van der Waals surface area contributed by atoms with Crippen LogP contribution in [0.1, 0.15) is 22.7 Å². The van der Waals surface area contributed by atoms with Gasteiger partial charge in [0.15, 0.2) is 0 Å². The molecule has 1 fully saturated rings. The summed E-state index contributed by atoms with van der Waals surface area (Å²) in [7, 11) is 2.19. The van der Waals surface area contributed by atoms with E-state index in [1.165, 1.54) is 35.3 Å². The van der Waals surface area contributed by atoms with E-state index in [1.807, 2.05) is 18.3 Å². The van der Waals surface area contributed by atoms with E-state index in [-0.39, 0.29) is 0 Å². The summed E-state index contributed by atoms with van der Waals surface area (Å²) < 4.78 is 0. The van der Waals surface area contributed by atoms with Crippen molar-refractivity contribution in [2.24, 2.45) is 0 Å². The third kappa shape index (κ3) is 6.34. The second kappa shape index (κ2) is 10.8. The van der Waals surface area contributed by atoms with Gasteiger partial charge in [-0.1, -0.05) is 0 Å². The average Bonchev–Trinajstić information content (AvgIpc) is 3.29. The van der Waals surface area contributed by atoms with E-state index in [0.717, 1.165) is 32.0 Å². The Morgan fingerprint density at radius 2 is 1.38 bits per heavy atom. The molecule has 0 saturated carbocycles. The highest BCUT2D eigenvalue weighted by Crippen LogP contribution is 2.40. The molecule has 0 amide bonds. The van der Waals surface area contributed by atoms with Crippen LogP contribution in [0.4, 0.5) is 5.82 Å². The van der Waals surface area contributed by atoms with E-state index >= 15 is 0 Å². The molecule has 0 radical (unpaired) electrons. The van der Waals surface area contributed by atoms with E-state index in [2.05, 4.69) is 21.8 Å². The molecule has 32 heavy (non-hydrogen) atoms. The fourth-order valence-electron chi connectivity index (χ4n) is 3.33. The lowest BCUT2D eigenvalue weighted by molar-refractivity contribution is -0.159. The number of carbonyl (C=O) groups is 4. The molecule has 174 valence electrons. The maximum Gasteiger partial charge on any atom is 0.414 e. The first-order valence-corrected chi connectivity index (χ1v) is 10.5. The number of aryl methyl sites for hydroxylation is 3. The van der Waals surface area contributed by atoms with Gasteiger partial charge in [0.1, 0.15) is 16.5 Å². The molecule has 4 N–H and O–H groups in total. The minimum Gasteiger partial charge on any atom is -0.473 e. The fraction of sp³-hybridized carbons (Fsp3) is 0.474. The molecule has 3 heterocycles. The molecule has 4 rings (SSSR count). The maximum atomic E-state index is 9.10. The molecule has 1 aliphatic carbocycles. The lowest BCUT2D eigenvalue weighted by atomic mass is 10.1. The molecule has 13 heteroatoms. The molecule has 2 aromatic rings. The van der Waals surface area contributed by atoms with Crippen LogP contribution >= 0.6 is 11.3 Å². The number of rotatable bonds is 1. The molecule has 0 aromatic carbocycles. The van der Waals surface area contributed by atoms with Crippen molar-refractivity contribution in [1.29, 1.82) is 0 Å². The zero-order valence-corrected chi connectivity index (χ0v) is 18.4. The lowest BCUT2D eigenvalue weighted by Crippen LogP contribution is -2.45. The summed E-state index contributed by atoms with van der Waals surface area (Å²) >= 11 is 1.89. The monoisotopic (exact) mass is 468 g/mol. The van der Waals surface area contributed by atoms with Crippen molar-refractivity contribution in [2.45, 2.75) is 26.2 Å². The van der Waals surface area contributed by atoms with Gasteiger partial charge < -0.3 is 30.2 Å². The molecule has 0 unspecified atom stereocenters. The predicted molar refractivity (Wildman–Crippen MR) is 114 cm³/mol. The highest BCUT2D eigenvalue weighted by Gasteiger charge is 2.25. The number of aromatic nitrogens is 2. The third-order valence-corrected chi connectivity index (χ3v) is 6.01. The molecule has 0 atom stereocenters. The van der Waals surface area contributed by atoms with Crippen molar-refractivity contribution in [3.05, 3.63) is 16.3 Å². The molecular formula is C19H24N4O8S. The Morgan fingerprint density at radius 3 is 1.88 bits per heavy atom. The fourth-order valence-corrected chi connectivity index (χ4v) is 4.63. The van der Waals surface area contributed by atoms with Crippen molar-refractivity contribution in [1.82, 2.24) is 14.9 Å². The molecular weight excluding hydrogens is 444 g/mol. The number of hydrogen-bond donors (Lipinski definition) is 4. The second-order valence-electron chi connectivity index (χ2n) is 7.14. The van der Waals surface area contributed by atoms with Crippen LogP contribution in [-0.2, 0) is 32.0 Å². The first-order valence-electron chi connectivity index (χ1n) is 9.66. The number of piperazine rings is 1. The predicted octanol–water partition coefficient (Wildman–Crippen LogP) is 0.551. The van der Waals surface area contributed by atoms with Crippen molar-refractivity contribution >= 4 is 51.2 Å². The van der Waals surface area contributed by atoms with E-state index in [4.69, 9.17) is 44.6 Å². The number of aliphatic carboxylic acids is 4. The Kier molecular flexibility index (Phi) is 8.43. The van der Waals surface area contributed by atoms with Gasteiger partial charge in [0.25, 0.3) is 0 Å². The summed E-state index contributed by atoms with van der Waals surface area (Å²) in [5, 5.41) is 30.9. The topological polar surface area (TPSA) is 181 Å². The van der Waals surface area contributed by atoms with Gasteiger partial charge in [0, 0.05) is 31.1 Å². The minimum absolute atomic E-state index is 0.909. The number of anilines is 1. The standard InChI is InChI=1S/C15H20N4S.2C2H2O4/c1-10-16-14(19-8-6-18(2)7-9-19)13-11-4-3-5-12(11)20-15(13)17-10;2*3-1(4)2(5)6/h3-9H2,1-2H3;2*(H,3,4)(H,5,6). The van der Waals surface area contributed by atoms with Gasteiger partial charge in [0.2, 0.25) is 0 Å². The first-order chi connectivity index (χ1) is 15.0. The van der Waals surface area contributed by atoms with Crippen molar-refractivity contribution < 1.29 is 39.6 Å². The quantitative estimate of drug-likeness (QED) is 0.427. The van der Waals surface area contributed by atoms with Crippen LogP contribution in [-0.4, -0.2) is 92.4 Å². The van der Waals surface area contributed by atoms with Crippen molar-refractivity contribution in [3.63, 3.8) is 0 Å². The van der Waals surface area contributed by atoms with Crippen molar-refractivity contribution in [2.75, 3.05) is 38.1 Å². The Hall–Kier alpha value is -3.32. The number of carboxylic acid groups (broad SMARTS) is 4. The number of nitrogens with zero attached hydrogens (tertiary/aromatic N) is 4. The average molecular weight is 468 g/mol. The van der Waals surface area contributed by atoms with E-state index in [9.17, 15) is 0 Å². The largest absolute Gasteiger partial charge is 0.473 e. The van der Waals surface area contributed by atoms with E-state index in [1.54, 1.807) is 10.4 Å². The normalized spacial score (nSPS) is 15.1. The molecule has 1 aliphatic heterocycles. The van der Waals surface area contributed by atoms with Gasteiger partial charge in [-0.25, -0.2) is 29.1 Å². The summed E-state index contributed by atoms with van der Waals surface area (Å²) in [6.07, 6.45) is 3.74. The summed E-state index contributed by atoms with van der Waals surface area (Å²) in [6.45, 7) is 6.41. The van der Waals surface area contributed by atoms with Crippen LogP contribution < -0.4 is 4.90 Å². The molecule has 2 aliphatic rings. The summed E-state index contributed by atoms with van der Waals surface area (Å²) in [5.74, 6) is -5.19. The molecule has 0 bridgehead atoms. The smallest absolute Gasteiger partial charge is 0.414 e. The molecule has 1 saturated heterocycles. The van der Waals surface area contributed by atoms with Crippen molar-refractivity contribution in [3.8, 4) is 0 Å². The van der Waals surface area contributed by atoms with Gasteiger partial charge in [0.05, 0.1) is 5.39 Å². The van der Waals surface area contributed by atoms with Gasteiger partial charge >= 0.3 is 23.9 Å². The molecule has 2 aromatic heterocycles. The van der Waals surface area contributed by atoms with E-state index in [0.29, 0.717) is 0 Å². The van der Waals surface area contributed by atoms with Crippen LogP contribution in [0, 0.1) is 6.92 Å². The number of hydrogen-bond acceptors (Lipinski definition) is 9. The number of fused-ring (bicyclic) bond motifs is 3.